The zero-order valence-corrected chi connectivity index (χ0v) is 10.4. The zero-order valence-electron chi connectivity index (χ0n) is 8.78. The highest BCUT2D eigenvalue weighted by Gasteiger charge is 2.22. The molecule has 1 aliphatic heterocycles. The zero-order chi connectivity index (χ0) is 11.5. The molecule has 1 amide bonds. The summed E-state index contributed by atoms with van der Waals surface area (Å²) in [5, 5.41) is 0. The normalized spacial score (nSPS) is 15.1. The van der Waals surface area contributed by atoms with E-state index in [1.54, 1.807) is 17.0 Å². The first-order valence-corrected chi connectivity index (χ1v) is 5.84. The maximum Gasteiger partial charge on any atom is 0.258 e. The Balaban J connectivity index is 2.37. The first-order chi connectivity index (χ1) is 7.72. The number of benzene rings is 1. The highest BCUT2D eigenvalue weighted by molar-refractivity contribution is 9.10. The van der Waals surface area contributed by atoms with E-state index in [1.165, 1.54) is 0 Å². The van der Waals surface area contributed by atoms with Gasteiger partial charge in [0, 0.05) is 11.0 Å². The summed E-state index contributed by atoms with van der Waals surface area (Å²) in [6, 6.07) is 5.45. The number of carbonyl (C=O) groups is 1. The summed E-state index contributed by atoms with van der Waals surface area (Å²) in [4.78, 5) is 13.8. The molecule has 1 heterocycles. The van der Waals surface area contributed by atoms with Crippen molar-refractivity contribution >= 4 is 21.8 Å². The number of fused-ring (bicyclic) bond motifs is 1. The fraction of sp³-hybridized carbons (Fsp3) is 0.250. The van der Waals surface area contributed by atoms with Gasteiger partial charge >= 0.3 is 0 Å². The molecule has 1 aliphatic rings. The second-order valence-electron chi connectivity index (χ2n) is 3.53. The number of carbonyl (C=O) groups excluding carboxylic acids is 1. The number of amides is 1. The van der Waals surface area contributed by atoms with E-state index in [-0.39, 0.29) is 5.91 Å². The van der Waals surface area contributed by atoms with Crippen molar-refractivity contribution in [3.8, 4) is 5.75 Å². The molecule has 0 saturated carbocycles. The molecule has 0 spiro atoms. The molecule has 0 N–H and O–H groups in total. The van der Waals surface area contributed by atoms with Crippen LogP contribution in [0.5, 0.6) is 5.75 Å². The quantitative estimate of drug-likeness (QED) is 0.780. The number of halogens is 1. The number of hydrogen-bond donors (Lipinski definition) is 0. The van der Waals surface area contributed by atoms with Crippen LogP contribution in [-0.2, 0) is 0 Å². The molecule has 2 rings (SSSR count). The fourth-order valence-corrected chi connectivity index (χ4v) is 2.00. The molecule has 1 aromatic rings. The van der Waals surface area contributed by atoms with Gasteiger partial charge in [0.25, 0.3) is 5.91 Å². The van der Waals surface area contributed by atoms with Crippen LogP contribution in [0.15, 0.2) is 35.3 Å². The third-order valence-electron chi connectivity index (χ3n) is 2.43. The molecule has 0 unspecified atom stereocenters. The first kappa shape index (κ1) is 11.2. The molecular weight excluding hydrogens is 270 g/mol. The van der Waals surface area contributed by atoms with Gasteiger partial charge in [-0.1, -0.05) is 22.0 Å². The molecule has 0 fully saturated rings. The van der Waals surface area contributed by atoms with Crippen LogP contribution in [0.2, 0.25) is 0 Å². The van der Waals surface area contributed by atoms with Crippen molar-refractivity contribution in [3.63, 3.8) is 0 Å². The van der Waals surface area contributed by atoms with Crippen molar-refractivity contribution in [2.45, 2.75) is 0 Å². The number of ether oxygens (including phenoxy) is 1. The Bertz CT molecular complexity index is 431. The van der Waals surface area contributed by atoms with Gasteiger partial charge in [-0.15, -0.1) is 6.58 Å². The van der Waals surface area contributed by atoms with Crippen molar-refractivity contribution < 1.29 is 9.53 Å². The molecule has 0 atom stereocenters. The van der Waals surface area contributed by atoms with Crippen LogP contribution in [0.4, 0.5) is 0 Å². The maximum absolute atomic E-state index is 12.1. The molecule has 0 radical (unpaired) electrons. The van der Waals surface area contributed by atoms with Crippen molar-refractivity contribution in [1.29, 1.82) is 0 Å². The molecule has 4 heteroatoms. The van der Waals surface area contributed by atoms with Gasteiger partial charge in [0.1, 0.15) is 12.4 Å². The van der Waals surface area contributed by atoms with Crippen molar-refractivity contribution in [3.05, 3.63) is 40.9 Å². The van der Waals surface area contributed by atoms with E-state index in [0.717, 1.165) is 4.47 Å². The molecule has 0 bridgehead atoms. The lowest BCUT2D eigenvalue weighted by atomic mass is 10.2. The van der Waals surface area contributed by atoms with Gasteiger partial charge in [-0.3, -0.25) is 4.79 Å². The van der Waals surface area contributed by atoms with Gasteiger partial charge < -0.3 is 9.64 Å². The minimum absolute atomic E-state index is 0.0000926. The largest absolute Gasteiger partial charge is 0.491 e. The van der Waals surface area contributed by atoms with Crippen molar-refractivity contribution in [1.82, 2.24) is 4.90 Å². The standard InChI is InChI=1S/C12H12BrNO2/c1-2-5-14-6-7-16-11-8-9(13)3-4-10(11)12(14)15/h2-4,8H,1,5-7H2. The molecular formula is C12H12BrNO2. The van der Waals surface area contributed by atoms with E-state index in [2.05, 4.69) is 22.5 Å². The second kappa shape index (κ2) is 4.70. The van der Waals surface area contributed by atoms with Gasteiger partial charge in [0.05, 0.1) is 12.1 Å². The number of hydrogen-bond acceptors (Lipinski definition) is 2. The van der Waals surface area contributed by atoms with Gasteiger partial charge in [-0.2, -0.15) is 0 Å². The van der Waals surface area contributed by atoms with E-state index in [1.807, 2.05) is 12.1 Å². The Labute approximate surface area is 103 Å². The van der Waals surface area contributed by atoms with Gasteiger partial charge in [-0.05, 0) is 18.2 Å². The molecule has 0 saturated heterocycles. The maximum atomic E-state index is 12.1. The summed E-state index contributed by atoms with van der Waals surface area (Å²) in [5.41, 5.74) is 0.613. The summed E-state index contributed by atoms with van der Waals surface area (Å²) < 4.78 is 6.46. The Morgan fingerprint density at radius 2 is 2.38 bits per heavy atom. The Morgan fingerprint density at radius 1 is 1.56 bits per heavy atom. The molecule has 16 heavy (non-hydrogen) atoms. The lowest BCUT2D eigenvalue weighted by Crippen LogP contribution is -2.32. The predicted molar refractivity (Wildman–Crippen MR) is 65.7 cm³/mol. The highest BCUT2D eigenvalue weighted by Crippen LogP contribution is 2.26. The second-order valence-corrected chi connectivity index (χ2v) is 4.44. The molecule has 0 aromatic heterocycles. The first-order valence-electron chi connectivity index (χ1n) is 5.05. The predicted octanol–water partition coefficient (Wildman–Crippen LogP) is 2.47. The topological polar surface area (TPSA) is 29.5 Å². The monoisotopic (exact) mass is 281 g/mol. The van der Waals surface area contributed by atoms with Crippen LogP contribution in [0, 0.1) is 0 Å². The molecule has 0 aliphatic carbocycles. The Hall–Kier alpha value is -1.29. The Morgan fingerprint density at radius 3 is 3.12 bits per heavy atom. The summed E-state index contributed by atoms with van der Waals surface area (Å²) in [6.07, 6.45) is 1.72. The highest BCUT2D eigenvalue weighted by atomic mass is 79.9. The van der Waals surface area contributed by atoms with Gasteiger partial charge in [0.2, 0.25) is 0 Å². The van der Waals surface area contributed by atoms with E-state index < -0.39 is 0 Å². The molecule has 1 aromatic carbocycles. The molecule has 3 nitrogen and oxygen atoms in total. The van der Waals surface area contributed by atoms with Crippen molar-refractivity contribution in [2.24, 2.45) is 0 Å². The van der Waals surface area contributed by atoms with Crippen LogP contribution in [0.3, 0.4) is 0 Å². The fourth-order valence-electron chi connectivity index (χ4n) is 1.66. The van der Waals surface area contributed by atoms with Crippen LogP contribution in [0.1, 0.15) is 10.4 Å². The average Bonchev–Trinajstić information content (AvgIpc) is 2.40. The summed E-state index contributed by atoms with van der Waals surface area (Å²) >= 11 is 3.36. The SMILES string of the molecule is C=CCN1CCOc2cc(Br)ccc2C1=O. The smallest absolute Gasteiger partial charge is 0.258 e. The van der Waals surface area contributed by atoms with Gasteiger partial charge in [-0.25, -0.2) is 0 Å². The summed E-state index contributed by atoms with van der Waals surface area (Å²) in [6.45, 7) is 5.31. The van der Waals surface area contributed by atoms with E-state index in [9.17, 15) is 4.79 Å². The van der Waals surface area contributed by atoms with Gasteiger partial charge in [0.15, 0.2) is 0 Å². The third kappa shape index (κ3) is 2.11. The Kier molecular flexibility index (Phi) is 3.29. The minimum atomic E-state index is -0.0000926. The lowest BCUT2D eigenvalue weighted by Gasteiger charge is -2.17. The third-order valence-corrected chi connectivity index (χ3v) is 2.92. The number of nitrogens with zero attached hydrogens (tertiary/aromatic N) is 1. The van der Waals surface area contributed by atoms with Crippen LogP contribution < -0.4 is 4.74 Å². The number of rotatable bonds is 2. The lowest BCUT2D eigenvalue weighted by molar-refractivity contribution is 0.0775. The van der Waals surface area contributed by atoms with Crippen LogP contribution >= 0.6 is 15.9 Å². The summed E-state index contributed by atoms with van der Waals surface area (Å²) in [7, 11) is 0. The minimum Gasteiger partial charge on any atom is -0.491 e. The van der Waals surface area contributed by atoms with Crippen LogP contribution in [-0.4, -0.2) is 30.5 Å². The van der Waals surface area contributed by atoms with E-state index in [4.69, 9.17) is 4.74 Å². The summed E-state index contributed by atoms with van der Waals surface area (Å²) in [5.74, 6) is 0.644. The van der Waals surface area contributed by atoms with E-state index >= 15 is 0 Å². The van der Waals surface area contributed by atoms with E-state index in [0.29, 0.717) is 31.0 Å². The van der Waals surface area contributed by atoms with Crippen molar-refractivity contribution in [2.75, 3.05) is 19.7 Å². The van der Waals surface area contributed by atoms with Crippen LogP contribution in [0.25, 0.3) is 0 Å². The average molecular weight is 282 g/mol. The molecule has 84 valence electrons.